The van der Waals surface area contributed by atoms with E-state index in [1.165, 1.54) is 6.42 Å². The predicted octanol–water partition coefficient (Wildman–Crippen LogP) is 3.90. The van der Waals surface area contributed by atoms with Crippen LogP contribution in [0.1, 0.15) is 53.9 Å². The molecule has 1 heteroatoms. The van der Waals surface area contributed by atoms with Gasteiger partial charge in [-0.05, 0) is 37.0 Å². The molecule has 0 aromatic carbocycles. The van der Waals surface area contributed by atoms with Gasteiger partial charge in [-0.3, -0.25) is 0 Å². The van der Waals surface area contributed by atoms with Crippen LogP contribution in [-0.2, 0) is 5.11 Å². The highest BCUT2D eigenvalue weighted by Crippen LogP contribution is 2.19. The van der Waals surface area contributed by atoms with Gasteiger partial charge in [-0.15, -0.1) is 0 Å². The van der Waals surface area contributed by atoms with E-state index >= 15 is 0 Å². The van der Waals surface area contributed by atoms with Gasteiger partial charge in [0, 0.05) is 0 Å². The maximum atomic E-state index is 11.5. The van der Waals surface area contributed by atoms with E-state index in [9.17, 15) is 5.11 Å². The molecule has 0 amide bonds. The summed E-state index contributed by atoms with van der Waals surface area (Å²) >= 11 is 0. The maximum Gasteiger partial charge on any atom is 0.0935 e. The predicted molar refractivity (Wildman–Crippen MR) is 57.2 cm³/mol. The first-order valence-corrected chi connectivity index (χ1v) is 5.57. The van der Waals surface area contributed by atoms with Gasteiger partial charge in [-0.25, -0.2) is 5.11 Å². The van der Waals surface area contributed by atoms with Crippen LogP contribution in [-0.4, -0.2) is 6.10 Å². The average Bonchev–Trinajstić information content (AvgIpc) is 1.80. The van der Waals surface area contributed by atoms with Crippen molar-refractivity contribution in [3.05, 3.63) is 0 Å². The van der Waals surface area contributed by atoms with Crippen LogP contribution in [0.4, 0.5) is 0 Å². The number of hydrogen-bond acceptors (Lipinski definition) is 0. The Morgan fingerprint density at radius 3 is 1.62 bits per heavy atom. The summed E-state index contributed by atoms with van der Waals surface area (Å²) in [4.78, 5) is 0. The van der Waals surface area contributed by atoms with Crippen LogP contribution in [0.15, 0.2) is 0 Å². The first-order valence-electron chi connectivity index (χ1n) is 5.57. The van der Waals surface area contributed by atoms with Crippen LogP contribution in [0.25, 0.3) is 0 Å². The van der Waals surface area contributed by atoms with E-state index in [0.29, 0.717) is 11.8 Å². The molecule has 0 aliphatic heterocycles. The summed E-state index contributed by atoms with van der Waals surface area (Å²) in [5, 5.41) is 11.5. The van der Waals surface area contributed by atoms with Crippen molar-refractivity contribution in [2.24, 2.45) is 17.8 Å². The molecule has 0 aromatic heterocycles. The van der Waals surface area contributed by atoms with Gasteiger partial charge in [0.15, 0.2) is 0 Å². The van der Waals surface area contributed by atoms with Gasteiger partial charge in [0.25, 0.3) is 0 Å². The minimum Gasteiger partial charge on any atom is -0.233 e. The Kier molecular flexibility index (Phi) is 6.40. The highest BCUT2D eigenvalue weighted by Gasteiger charge is 2.14. The van der Waals surface area contributed by atoms with Crippen molar-refractivity contribution >= 4 is 0 Å². The van der Waals surface area contributed by atoms with E-state index in [1.54, 1.807) is 0 Å². The summed E-state index contributed by atoms with van der Waals surface area (Å²) in [6.45, 7) is 10.9. The minimum absolute atomic E-state index is 0.339. The molecule has 0 N–H and O–H groups in total. The number of hydrogen-bond donors (Lipinski definition) is 0. The molecule has 0 saturated carbocycles. The molecule has 0 spiro atoms. The fraction of sp³-hybridized carbons (Fsp3) is 1.00. The van der Waals surface area contributed by atoms with Crippen molar-refractivity contribution in [1.82, 2.24) is 0 Å². The second-order valence-corrected chi connectivity index (χ2v) is 5.22. The second kappa shape index (κ2) is 6.42. The Hall–Kier alpha value is -0.0400. The lowest BCUT2D eigenvalue weighted by Gasteiger charge is -2.17. The minimum atomic E-state index is -0.339. The van der Waals surface area contributed by atoms with E-state index in [4.69, 9.17) is 0 Å². The van der Waals surface area contributed by atoms with E-state index in [2.05, 4.69) is 34.6 Å². The summed E-state index contributed by atoms with van der Waals surface area (Å²) in [5.41, 5.74) is 0. The quantitative estimate of drug-likeness (QED) is 0.598. The average molecular weight is 185 g/mol. The highest BCUT2D eigenvalue weighted by atomic mass is 16.3. The van der Waals surface area contributed by atoms with Gasteiger partial charge in [0.2, 0.25) is 0 Å². The fourth-order valence-corrected chi connectivity index (χ4v) is 1.97. The Morgan fingerprint density at radius 2 is 1.23 bits per heavy atom. The number of rotatable bonds is 6. The standard InChI is InChI=1S/C12H25O/c1-9(2)6-11(5)8-12(13)7-10(3)4/h9-12H,6-8H2,1-5H3. The fourth-order valence-electron chi connectivity index (χ4n) is 1.97. The van der Waals surface area contributed by atoms with Crippen LogP contribution in [0.3, 0.4) is 0 Å². The molecular weight excluding hydrogens is 160 g/mol. The van der Waals surface area contributed by atoms with Gasteiger partial charge in [-0.1, -0.05) is 34.6 Å². The molecule has 79 valence electrons. The largest absolute Gasteiger partial charge is 0.233 e. The van der Waals surface area contributed by atoms with Gasteiger partial charge in [-0.2, -0.15) is 0 Å². The molecule has 13 heavy (non-hydrogen) atoms. The Morgan fingerprint density at radius 1 is 0.769 bits per heavy atom. The van der Waals surface area contributed by atoms with Crippen molar-refractivity contribution in [3.63, 3.8) is 0 Å². The summed E-state index contributed by atoms with van der Waals surface area (Å²) in [5.74, 6) is 1.87. The summed E-state index contributed by atoms with van der Waals surface area (Å²) in [7, 11) is 0. The smallest absolute Gasteiger partial charge is 0.0935 e. The van der Waals surface area contributed by atoms with Crippen molar-refractivity contribution in [2.45, 2.75) is 60.0 Å². The first kappa shape index (κ1) is 13.0. The zero-order valence-electron chi connectivity index (χ0n) is 9.84. The zero-order valence-corrected chi connectivity index (χ0v) is 9.84. The van der Waals surface area contributed by atoms with Crippen molar-refractivity contribution < 1.29 is 5.11 Å². The van der Waals surface area contributed by atoms with Crippen molar-refractivity contribution in [2.75, 3.05) is 0 Å². The molecule has 0 rings (SSSR count). The molecule has 0 aliphatic carbocycles. The lowest BCUT2D eigenvalue weighted by molar-refractivity contribution is 0.0484. The first-order chi connectivity index (χ1) is 5.91. The molecule has 0 aliphatic rings. The summed E-state index contributed by atoms with van der Waals surface area (Å²) in [6, 6.07) is 0. The van der Waals surface area contributed by atoms with Crippen LogP contribution in [0.2, 0.25) is 0 Å². The Labute approximate surface area is 83.5 Å². The lowest BCUT2D eigenvalue weighted by Crippen LogP contribution is -2.14. The Balaban J connectivity index is 3.58. The molecule has 0 bridgehead atoms. The highest BCUT2D eigenvalue weighted by molar-refractivity contribution is 4.64. The second-order valence-electron chi connectivity index (χ2n) is 5.22. The molecule has 0 aromatic rings. The SMILES string of the molecule is CC(C)CC(C)CC([O])CC(C)C. The van der Waals surface area contributed by atoms with E-state index in [1.807, 2.05) is 0 Å². The third kappa shape index (κ3) is 8.29. The molecule has 2 atom stereocenters. The van der Waals surface area contributed by atoms with Gasteiger partial charge in [0.05, 0.1) is 6.10 Å². The van der Waals surface area contributed by atoms with Crippen molar-refractivity contribution in [1.29, 1.82) is 0 Å². The van der Waals surface area contributed by atoms with Crippen LogP contribution in [0.5, 0.6) is 0 Å². The monoisotopic (exact) mass is 185 g/mol. The maximum absolute atomic E-state index is 11.5. The summed E-state index contributed by atoms with van der Waals surface area (Å²) < 4.78 is 0. The third-order valence-electron chi connectivity index (χ3n) is 2.27. The van der Waals surface area contributed by atoms with Gasteiger partial charge in [0.1, 0.15) is 0 Å². The molecule has 0 saturated heterocycles. The lowest BCUT2D eigenvalue weighted by atomic mass is 9.91. The van der Waals surface area contributed by atoms with Crippen LogP contribution in [0, 0.1) is 17.8 Å². The Bertz CT molecular complexity index is 104. The molecule has 1 nitrogen and oxygen atoms in total. The van der Waals surface area contributed by atoms with Gasteiger partial charge >= 0.3 is 0 Å². The van der Waals surface area contributed by atoms with E-state index < -0.39 is 0 Å². The van der Waals surface area contributed by atoms with Gasteiger partial charge < -0.3 is 0 Å². The van der Waals surface area contributed by atoms with E-state index in [0.717, 1.165) is 18.8 Å². The topological polar surface area (TPSA) is 19.9 Å². The van der Waals surface area contributed by atoms with E-state index in [-0.39, 0.29) is 6.10 Å². The molecule has 2 unspecified atom stereocenters. The molecule has 0 fully saturated rings. The molecular formula is C12H25O. The molecule has 0 heterocycles. The van der Waals surface area contributed by atoms with Crippen molar-refractivity contribution in [3.8, 4) is 0 Å². The van der Waals surface area contributed by atoms with Crippen LogP contribution >= 0.6 is 0 Å². The third-order valence-corrected chi connectivity index (χ3v) is 2.27. The van der Waals surface area contributed by atoms with Crippen LogP contribution < -0.4 is 0 Å². The summed E-state index contributed by atoms with van der Waals surface area (Å²) in [6.07, 6.45) is 2.55. The zero-order chi connectivity index (χ0) is 10.4. The molecule has 1 radical (unpaired) electrons. The normalized spacial score (nSPS) is 16.6.